The molecule has 0 fully saturated rings. The van der Waals surface area contributed by atoms with E-state index in [0.29, 0.717) is 17.9 Å². The normalized spacial score (nSPS) is 10.7. The number of amides is 1. The van der Waals surface area contributed by atoms with Crippen LogP contribution < -0.4 is 5.32 Å². The first-order valence-corrected chi connectivity index (χ1v) is 10.0. The topological polar surface area (TPSA) is 78.0 Å². The maximum absolute atomic E-state index is 12.2. The summed E-state index contributed by atoms with van der Waals surface area (Å²) in [5.41, 5.74) is 4.57. The summed E-state index contributed by atoms with van der Waals surface area (Å²) in [6, 6.07) is 17.0. The number of aromatic hydroxyl groups is 1. The highest BCUT2D eigenvalue weighted by molar-refractivity contribution is 7.98. The lowest BCUT2D eigenvalue weighted by Gasteiger charge is -2.05. The number of H-pyrrole nitrogens is 1. The molecule has 1 heterocycles. The molecule has 3 aromatic rings. The zero-order valence-corrected chi connectivity index (χ0v) is 16.1. The average molecular weight is 382 g/mol. The molecule has 0 radical (unpaired) electrons. The SMILES string of the molecule is Cc1cccc(CSCCCNC(=O)c2cc(-c3ccc(O)cc3)n[nH]2)c1. The third-order valence-electron chi connectivity index (χ3n) is 4.09. The molecule has 0 aliphatic heterocycles. The van der Waals surface area contributed by atoms with Crippen LogP contribution in [0.2, 0.25) is 0 Å². The van der Waals surface area contributed by atoms with Crippen molar-refractivity contribution in [2.75, 3.05) is 12.3 Å². The Morgan fingerprint density at radius 2 is 2.00 bits per heavy atom. The van der Waals surface area contributed by atoms with Crippen molar-refractivity contribution < 1.29 is 9.90 Å². The van der Waals surface area contributed by atoms with Gasteiger partial charge in [-0.05, 0) is 55.0 Å². The third kappa shape index (κ3) is 5.62. The number of carbonyl (C=O) groups is 1. The van der Waals surface area contributed by atoms with Crippen molar-refractivity contribution in [2.45, 2.75) is 19.1 Å². The molecule has 0 saturated carbocycles. The standard InChI is InChI=1S/C21H23N3O2S/c1-15-4-2-5-16(12-15)14-27-11-3-10-22-21(26)20-13-19(23-24-20)17-6-8-18(25)9-7-17/h2,4-9,12-13,25H,3,10-11,14H2,1H3,(H,22,26)(H,23,24). The van der Waals surface area contributed by atoms with Gasteiger partial charge in [-0.2, -0.15) is 16.9 Å². The molecule has 0 aliphatic carbocycles. The Morgan fingerprint density at radius 1 is 1.19 bits per heavy atom. The fourth-order valence-corrected chi connectivity index (χ4v) is 3.59. The summed E-state index contributed by atoms with van der Waals surface area (Å²) in [7, 11) is 0. The number of phenols is 1. The Kier molecular flexibility index (Phi) is 6.54. The number of aromatic nitrogens is 2. The second-order valence-corrected chi connectivity index (χ2v) is 7.47. The van der Waals surface area contributed by atoms with Gasteiger partial charge in [-0.1, -0.05) is 29.8 Å². The van der Waals surface area contributed by atoms with E-state index in [1.807, 2.05) is 11.8 Å². The molecule has 0 unspecified atom stereocenters. The van der Waals surface area contributed by atoms with Gasteiger partial charge in [0.25, 0.3) is 5.91 Å². The van der Waals surface area contributed by atoms with Crippen LogP contribution in [0.15, 0.2) is 54.6 Å². The zero-order valence-electron chi connectivity index (χ0n) is 15.2. The Hall–Kier alpha value is -2.73. The van der Waals surface area contributed by atoms with Crippen molar-refractivity contribution in [3.05, 3.63) is 71.4 Å². The van der Waals surface area contributed by atoms with Gasteiger partial charge in [0.2, 0.25) is 0 Å². The van der Waals surface area contributed by atoms with E-state index in [9.17, 15) is 9.90 Å². The molecule has 6 heteroatoms. The monoisotopic (exact) mass is 381 g/mol. The second kappa shape index (κ2) is 9.28. The number of nitrogens with one attached hydrogen (secondary N) is 2. The smallest absolute Gasteiger partial charge is 0.269 e. The maximum Gasteiger partial charge on any atom is 0.269 e. The van der Waals surface area contributed by atoms with E-state index < -0.39 is 0 Å². The molecule has 3 N–H and O–H groups in total. The quantitative estimate of drug-likeness (QED) is 0.512. The lowest BCUT2D eigenvalue weighted by atomic mass is 10.1. The summed E-state index contributed by atoms with van der Waals surface area (Å²) < 4.78 is 0. The first-order valence-electron chi connectivity index (χ1n) is 8.88. The van der Waals surface area contributed by atoms with E-state index in [-0.39, 0.29) is 11.7 Å². The molecule has 1 amide bonds. The van der Waals surface area contributed by atoms with Crippen LogP contribution in [-0.2, 0) is 5.75 Å². The van der Waals surface area contributed by atoms with Crippen LogP contribution in [0.1, 0.15) is 28.0 Å². The van der Waals surface area contributed by atoms with E-state index in [1.54, 1.807) is 30.3 Å². The van der Waals surface area contributed by atoms with Crippen molar-refractivity contribution in [2.24, 2.45) is 0 Å². The minimum Gasteiger partial charge on any atom is -0.508 e. The summed E-state index contributed by atoms with van der Waals surface area (Å²) in [6.45, 7) is 2.74. The molecular weight excluding hydrogens is 358 g/mol. The van der Waals surface area contributed by atoms with Crippen LogP contribution >= 0.6 is 11.8 Å². The van der Waals surface area contributed by atoms with Crippen LogP contribution in [0.5, 0.6) is 5.75 Å². The fraction of sp³-hybridized carbons (Fsp3) is 0.238. The zero-order chi connectivity index (χ0) is 19.1. The molecule has 140 valence electrons. The van der Waals surface area contributed by atoms with Crippen molar-refractivity contribution in [3.63, 3.8) is 0 Å². The molecule has 0 spiro atoms. The van der Waals surface area contributed by atoms with Gasteiger partial charge in [-0.3, -0.25) is 9.89 Å². The van der Waals surface area contributed by atoms with Crippen LogP contribution in [0.4, 0.5) is 0 Å². The van der Waals surface area contributed by atoms with Gasteiger partial charge in [-0.25, -0.2) is 0 Å². The number of hydrogen-bond donors (Lipinski definition) is 3. The first kappa shape index (κ1) is 19.0. The van der Waals surface area contributed by atoms with E-state index >= 15 is 0 Å². The van der Waals surface area contributed by atoms with Crippen molar-refractivity contribution in [1.82, 2.24) is 15.5 Å². The number of carbonyl (C=O) groups excluding carboxylic acids is 1. The van der Waals surface area contributed by atoms with Gasteiger partial charge < -0.3 is 10.4 Å². The summed E-state index contributed by atoms with van der Waals surface area (Å²) in [6.07, 6.45) is 0.918. The molecular formula is C21H23N3O2S. The molecule has 0 atom stereocenters. The molecule has 0 saturated heterocycles. The van der Waals surface area contributed by atoms with Crippen molar-refractivity contribution in [1.29, 1.82) is 0 Å². The molecule has 1 aromatic heterocycles. The van der Waals surface area contributed by atoms with Gasteiger partial charge in [0.1, 0.15) is 11.4 Å². The van der Waals surface area contributed by atoms with Crippen LogP contribution in [0.3, 0.4) is 0 Å². The number of aromatic amines is 1. The number of hydrogen-bond acceptors (Lipinski definition) is 4. The predicted octanol–water partition coefficient (Wildman–Crippen LogP) is 4.14. The maximum atomic E-state index is 12.2. The Labute approximate surface area is 163 Å². The van der Waals surface area contributed by atoms with Crippen LogP contribution in [0.25, 0.3) is 11.3 Å². The number of phenolic OH excluding ortho intramolecular Hbond substituents is 1. The van der Waals surface area contributed by atoms with E-state index in [2.05, 4.69) is 46.7 Å². The van der Waals surface area contributed by atoms with Gasteiger partial charge >= 0.3 is 0 Å². The van der Waals surface area contributed by atoms with Crippen LogP contribution in [0, 0.1) is 6.92 Å². The average Bonchev–Trinajstić information content (AvgIpc) is 3.15. The first-order chi connectivity index (χ1) is 13.1. The lowest BCUT2D eigenvalue weighted by molar-refractivity contribution is 0.0949. The molecule has 5 nitrogen and oxygen atoms in total. The lowest BCUT2D eigenvalue weighted by Crippen LogP contribution is -2.25. The third-order valence-corrected chi connectivity index (χ3v) is 5.20. The number of rotatable bonds is 8. The Balaban J connectivity index is 1.39. The predicted molar refractivity (Wildman–Crippen MR) is 110 cm³/mol. The molecule has 3 rings (SSSR count). The van der Waals surface area contributed by atoms with E-state index in [0.717, 1.165) is 23.5 Å². The van der Waals surface area contributed by atoms with E-state index in [1.165, 1.54) is 11.1 Å². The highest BCUT2D eigenvalue weighted by atomic mass is 32.2. The number of nitrogens with zero attached hydrogens (tertiary/aromatic N) is 1. The molecule has 0 bridgehead atoms. The Morgan fingerprint density at radius 3 is 2.78 bits per heavy atom. The summed E-state index contributed by atoms with van der Waals surface area (Å²) in [4.78, 5) is 12.2. The van der Waals surface area contributed by atoms with Gasteiger partial charge in [0.15, 0.2) is 0 Å². The largest absolute Gasteiger partial charge is 0.508 e. The highest BCUT2D eigenvalue weighted by Gasteiger charge is 2.10. The Bertz CT molecular complexity index is 890. The van der Waals surface area contributed by atoms with E-state index in [4.69, 9.17) is 0 Å². The number of aryl methyl sites for hydroxylation is 1. The van der Waals surface area contributed by atoms with Crippen LogP contribution in [-0.4, -0.2) is 33.5 Å². The van der Waals surface area contributed by atoms with Crippen molar-refractivity contribution >= 4 is 17.7 Å². The fourth-order valence-electron chi connectivity index (χ4n) is 2.68. The van der Waals surface area contributed by atoms with Gasteiger partial charge in [0.05, 0.1) is 5.69 Å². The molecule has 0 aliphatic rings. The number of benzene rings is 2. The number of thioether (sulfide) groups is 1. The second-order valence-electron chi connectivity index (χ2n) is 6.36. The minimum atomic E-state index is -0.156. The van der Waals surface area contributed by atoms with Gasteiger partial charge in [-0.15, -0.1) is 0 Å². The molecule has 27 heavy (non-hydrogen) atoms. The van der Waals surface area contributed by atoms with Crippen molar-refractivity contribution in [3.8, 4) is 17.0 Å². The summed E-state index contributed by atoms with van der Waals surface area (Å²) >= 11 is 1.87. The highest BCUT2D eigenvalue weighted by Crippen LogP contribution is 2.20. The minimum absolute atomic E-state index is 0.156. The summed E-state index contributed by atoms with van der Waals surface area (Å²) in [5, 5.41) is 19.2. The van der Waals surface area contributed by atoms with Gasteiger partial charge in [0, 0.05) is 17.9 Å². The molecule has 2 aromatic carbocycles. The summed E-state index contributed by atoms with van der Waals surface area (Å²) in [5.74, 6) is 2.03.